The lowest BCUT2D eigenvalue weighted by atomic mass is 10.2. The number of nitrogens with one attached hydrogen (secondary N) is 1. The number of benzene rings is 1. The number of rotatable bonds is 9. The van der Waals surface area contributed by atoms with Crippen molar-refractivity contribution in [3.63, 3.8) is 0 Å². The molecule has 20 heavy (non-hydrogen) atoms. The van der Waals surface area contributed by atoms with E-state index in [2.05, 4.69) is 12.2 Å². The van der Waals surface area contributed by atoms with Gasteiger partial charge in [-0.15, -0.1) is 0 Å². The number of ether oxygens (including phenoxy) is 1. The van der Waals surface area contributed by atoms with Gasteiger partial charge in [-0.3, -0.25) is 4.57 Å². The Labute approximate surface area is 122 Å². The molecule has 0 bridgehead atoms. The molecule has 2 unspecified atom stereocenters. The summed E-state index contributed by atoms with van der Waals surface area (Å²) in [6.07, 6.45) is 1.45. The van der Waals surface area contributed by atoms with E-state index in [1.165, 1.54) is 0 Å². The van der Waals surface area contributed by atoms with Crippen molar-refractivity contribution in [1.29, 1.82) is 0 Å². The minimum atomic E-state index is -2.42. The van der Waals surface area contributed by atoms with E-state index in [-0.39, 0.29) is 6.04 Å². The molecule has 4 nitrogen and oxygen atoms in total. The van der Waals surface area contributed by atoms with Crippen LogP contribution in [0.2, 0.25) is 0 Å². The quantitative estimate of drug-likeness (QED) is 0.709. The summed E-state index contributed by atoms with van der Waals surface area (Å²) < 4.78 is 22.6. The average molecular weight is 299 g/mol. The zero-order valence-corrected chi connectivity index (χ0v) is 13.8. The standard InChI is InChI=1S/C15H26NO3P/c1-5-19-20(4,17)11-10-13(2)16-12-14-8-6-7-9-15(14)18-3/h6-9,13,16H,5,10-12H2,1-4H3. The van der Waals surface area contributed by atoms with Crippen molar-refractivity contribution >= 4 is 7.37 Å². The first-order valence-electron chi connectivity index (χ1n) is 7.05. The fraction of sp³-hybridized carbons (Fsp3) is 0.600. The van der Waals surface area contributed by atoms with Gasteiger partial charge in [-0.1, -0.05) is 18.2 Å². The highest BCUT2D eigenvalue weighted by Gasteiger charge is 2.16. The maximum atomic E-state index is 12.0. The summed E-state index contributed by atoms with van der Waals surface area (Å²) in [5.41, 5.74) is 1.13. The molecule has 0 aliphatic carbocycles. The largest absolute Gasteiger partial charge is 0.496 e. The topological polar surface area (TPSA) is 47.6 Å². The SMILES string of the molecule is CCOP(C)(=O)CCC(C)NCc1ccccc1OC. The van der Waals surface area contributed by atoms with Gasteiger partial charge in [0, 0.05) is 31.0 Å². The van der Waals surface area contributed by atoms with Crippen LogP contribution in [-0.2, 0) is 15.6 Å². The molecule has 114 valence electrons. The lowest BCUT2D eigenvalue weighted by Crippen LogP contribution is -2.26. The van der Waals surface area contributed by atoms with Gasteiger partial charge < -0.3 is 14.6 Å². The van der Waals surface area contributed by atoms with Gasteiger partial charge in [-0.2, -0.15) is 0 Å². The van der Waals surface area contributed by atoms with Crippen LogP contribution in [0.3, 0.4) is 0 Å². The summed E-state index contributed by atoms with van der Waals surface area (Å²) in [5.74, 6) is 0.891. The summed E-state index contributed by atoms with van der Waals surface area (Å²) in [7, 11) is -0.744. The second-order valence-corrected chi connectivity index (χ2v) is 7.77. The van der Waals surface area contributed by atoms with Crippen LogP contribution in [0.4, 0.5) is 0 Å². The average Bonchev–Trinajstić information content (AvgIpc) is 2.43. The summed E-state index contributed by atoms with van der Waals surface area (Å²) in [6, 6.07) is 8.25. The molecule has 2 atom stereocenters. The molecule has 0 aromatic heterocycles. The Balaban J connectivity index is 2.40. The van der Waals surface area contributed by atoms with Crippen molar-refractivity contribution in [1.82, 2.24) is 5.32 Å². The zero-order chi connectivity index (χ0) is 15.0. The van der Waals surface area contributed by atoms with Crippen molar-refractivity contribution < 1.29 is 13.8 Å². The fourth-order valence-corrected chi connectivity index (χ4v) is 3.53. The lowest BCUT2D eigenvalue weighted by molar-refractivity contribution is 0.334. The summed E-state index contributed by atoms with van der Waals surface area (Å²) in [6.45, 7) is 6.94. The minimum Gasteiger partial charge on any atom is -0.496 e. The molecule has 0 saturated heterocycles. The van der Waals surface area contributed by atoms with E-state index >= 15 is 0 Å². The maximum Gasteiger partial charge on any atom is 0.200 e. The van der Waals surface area contributed by atoms with Crippen LogP contribution in [0.5, 0.6) is 5.75 Å². The molecule has 1 rings (SSSR count). The second kappa shape index (κ2) is 8.46. The number of para-hydroxylation sites is 1. The van der Waals surface area contributed by atoms with Crippen LogP contribution < -0.4 is 10.1 Å². The normalized spacial score (nSPS) is 15.6. The van der Waals surface area contributed by atoms with E-state index in [1.807, 2.05) is 31.2 Å². The molecule has 5 heteroatoms. The predicted molar refractivity (Wildman–Crippen MR) is 83.9 cm³/mol. The lowest BCUT2D eigenvalue weighted by Gasteiger charge is -2.18. The minimum absolute atomic E-state index is 0.286. The zero-order valence-electron chi connectivity index (χ0n) is 12.9. The molecular formula is C15H26NO3P. The van der Waals surface area contributed by atoms with E-state index in [0.29, 0.717) is 12.8 Å². The van der Waals surface area contributed by atoms with Gasteiger partial charge in [-0.25, -0.2) is 0 Å². The van der Waals surface area contributed by atoms with Gasteiger partial charge in [0.2, 0.25) is 0 Å². The molecule has 1 aromatic rings. The van der Waals surface area contributed by atoms with E-state index < -0.39 is 7.37 Å². The van der Waals surface area contributed by atoms with Gasteiger partial charge in [0.15, 0.2) is 7.37 Å². The highest BCUT2D eigenvalue weighted by molar-refractivity contribution is 7.58. The summed E-state index contributed by atoms with van der Waals surface area (Å²) in [4.78, 5) is 0. The number of hydrogen-bond acceptors (Lipinski definition) is 4. The molecule has 0 amide bonds. The van der Waals surface area contributed by atoms with E-state index in [4.69, 9.17) is 9.26 Å². The van der Waals surface area contributed by atoms with Gasteiger partial charge in [0.05, 0.1) is 13.7 Å². The highest BCUT2D eigenvalue weighted by Crippen LogP contribution is 2.43. The van der Waals surface area contributed by atoms with E-state index in [9.17, 15) is 4.57 Å². The molecule has 0 heterocycles. The Bertz CT molecular complexity index is 450. The maximum absolute atomic E-state index is 12.0. The second-order valence-electron chi connectivity index (χ2n) is 5.04. The molecule has 1 N–H and O–H groups in total. The van der Waals surface area contributed by atoms with Gasteiger partial charge >= 0.3 is 0 Å². The summed E-state index contributed by atoms with van der Waals surface area (Å²) in [5, 5.41) is 3.43. The number of methoxy groups -OCH3 is 1. The van der Waals surface area contributed by atoms with Crippen LogP contribution in [0.1, 0.15) is 25.8 Å². The monoisotopic (exact) mass is 299 g/mol. The third kappa shape index (κ3) is 6.08. The molecule has 0 spiro atoms. The first kappa shape index (κ1) is 17.2. The van der Waals surface area contributed by atoms with E-state index in [1.54, 1.807) is 13.8 Å². The predicted octanol–water partition coefficient (Wildman–Crippen LogP) is 3.51. The van der Waals surface area contributed by atoms with Crippen molar-refractivity contribution in [3.05, 3.63) is 29.8 Å². The Morgan fingerprint density at radius 3 is 2.70 bits per heavy atom. The third-order valence-corrected chi connectivity index (χ3v) is 5.08. The van der Waals surface area contributed by atoms with Crippen LogP contribution in [-0.4, -0.2) is 32.6 Å². The van der Waals surface area contributed by atoms with Gasteiger partial charge in [0.1, 0.15) is 5.75 Å². The van der Waals surface area contributed by atoms with Crippen LogP contribution in [0.15, 0.2) is 24.3 Å². The molecular weight excluding hydrogens is 273 g/mol. The van der Waals surface area contributed by atoms with Gasteiger partial charge in [-0.05, 0) is 26.3 Å². The Morgan fingerprint density at radius 1 is 1.35 bits per heavy atom. The molecule has 0 radical (unpaired) electrons. The van der Waals surface area contributed by atoms with Crippen molar-refractivity contribution in [3.8, 4) is 5.75 Å². The van der Waals surface area contributed by atoms with Crippen molar-refractivity contribution in [2.45, 2.75) is 32.9 Å². The molecule has 1 aromatic carbocycles. The van der Waals surface area contributed by atoms with Crippen LogP contribution >= 0.6 is 7.37 Å². The Hall–Kier alpha value is -0.830. The van der Waals surface area contributed by atoms with Gasteiger partial charge in [0.25, 0.3) is 0 Å². The fourth-order valence-electron chi connectivity index (χ4n) is 2.00. The summed E-state index contributed by atoms with van der Waals surface area (Å²) >= 11 is 0. The molecule has 0 aliphatic rings. The Kier molecular flexibility index (Phi) is 7.28. The Morgan fingerprint density at radius 2 is 2.05 bits per heavy atom. The smallest absolute Gasteiger partial charge is 0.200 e. The third-order valence-electron chi connectivity index (χ3n) is 3.20. The first-order valence-corrected chi connectivity index (χ1v) is 9.30. The van der Waals surface area contributed by atoms with E-state index in [0.717, 1.165) is 24.3 Å². The highest BCUT2D eigenvalue weighted by atomic mass is 31.2. The van der Waals surface area contributed by atoms with Crippen LogP contribution in [0, 0.1) is 0 Å². The molecule has 0 saturated carbocycles. The first-order chi connectivity index (χ1) is 9.48. The molecule has 0 fully saturated rings. The van der Waals surface area contributed by atoms with Crippen molar-refractivity contribution in [2.75, 3.05) is 26.5 Å². The number of hydrogen-bond donors (Lipinski definition) is 1. The molecule has 0 aliphatic heterocycles. The van der Waals surface area contributed by atoms with Crippen molar-refractivity contribution in [2.24, 2.45) is 0 Å². The van der Waals surface area contributed by atoms with Crippen LogP contribution in [0.25, 0.3) is 0 Å².